The molecule has 0 saturated carbocycles. The Labute approximate surface area is 99.8 Å². The summed E-state index contributed by atoms with van der Waals surface area (Å²) < 4.78 is 5.50. The minimum absolute atomic E-state index is 0.208. The second-order valence-electron chi connectivity index (χ2n) is 4.08. The number of hydrogen-bond acceptors (Lipinski definition) is 4. The SMILES string of the molecule is O=C(O)c1cnccc1NCCC1CCCO1. The van der Waals surface area contributed by atoms with Crippen LogP contribution in [-0.4, -0.2) is 35.3 Å². The van der Waals surface area contributed by atoms with Gasteiger partial charge >= 0.3 is 5.97 Å². The quantitative estimate of drug-likeness (QED) is 0.815. The van der Waals surface area contributed by atoms with Gasteiger partial charge in [-0.15, -0.1) is 0 Å². The molecule has 1 aromatic rings. The monoisotopic (exact) mass is 236 g/mol. The molecule has 1 aromatic heterocycles. The molecule has 1 saturated heterocycles. The van der Waals surface area contributed by atoms with E-state index in [9.17, 15) is 4.79 Å². The molecule has 92 valence electrons. The summed E-state index contributed by atoms with van der Waals surface area (Å²) in [4.78, 5) is 14.7. The standard InChI is InChI=1S/C12H16N2O3/c15-12(16)10-8-13-5-4-11(10)14-6-3-9-2-1-7-17-9/h4-5,8-9H,1-3,6-7H2,(H,13,14)(H,15,16). The smallest absolute Gasteiger partial charge is 0.339 e. The van der Waals surface area contributed by atoms with Gasteiger partial charge in [0, 0.05) is 25.5 Å². The lowest BCUT2D eigenvalue weighted by Crippen LogP contribution is -2.14. The number of aromatic carboxylic acids is 1. The van der Waals surface area contributed by atoms with Gasteiger partial charge in [-0.3, -0.25) is 4.98 Å². The van der Waals surface area contributed by atoms with E-state index in [4.69, 9.17) is 9.84 Å². The summed E-state index contributed by atoms with van der Waals surface area (Å²) in [6.07, 6.45) is 6.39. The minimum Gasteiger partial charge on any atom is -0.478 e. The molecule has 1 unspecified atom stereocenters. The van der Waals surface area contributed by atoms with Crippen molar-refractivity contribution in [3.05, 3.63) is 24.0 Å². The van der Waals surface area contributed by atoms with Crippen LogP contribution in [0.2, 0.25) is 0 Å². The van der Waals surface area contributed by atoms with E-state index >= 15 is 0 Å². The summed E-state index contributed by atoms with van der Waals surface area (Å²) in [5.74, 6) is -0.960. The molecule has 0 radical (unpaired) electrons. The van der Waals surface area contributed by atoms with Gasteiger partial charge < -0.3 is 15.2 Å². The van der Waals surface area contributed by atoms with Crippen molar-refractivity contribution in [1.82, 2.24) is 4.98 Å². The van der Waals surface area contributed by atoms with Crippen LogP contribution in [0.5, 0.6) is 0 Å². The highest BCUT2D eigenvalue weighted by molar-refractivity contribution is 5.93. The number of nitrogens with one attached hydrogen (secondary N) is 1. The van der Waals surface area contributed by atoms with E-state index in [1.54, 1.807) is 12.3 Å². The normalized spacial score (nSPS) is 19.2. The largest absolute Gasteiger partial charge is 0.478 e. The molecule has 2 rings (SSSR count). The molecule has 1 aliphatic rings. The number of pyridine rings is 1. The molecule has 2 N–H and O–H groups in total. The Morgan fingerprint density at radius 1 is 1.65 bits per heavy atom. The predicted octanol–water partition coefficient (Wildman–Crippen LogP) is 1.76. The van der Waals surface area contributed by atoms with Crippen molar-refractivity contribution in [1.29, 1.82) is 0 Å². The number of carboxylic acids is 1. The molecule has 1 fully saturated rings. The van der Waals surface area contributed by atoms with Crippen molar-refractivity contribution in [3.8, 4) is 0 Å². The van der Waals surface area contributed by atoms with Crippen LogP contribution >= 0.6 is 0 Å². The van der Waals surface area contributed by atoms with Gasteiger partial charge in [0.15, 0.2) is 0 Å². The first kappa shape index (κ1) is 11.9. The zero-order valence-electron chi connectivity index (χ0n) is 9.56. The van der Waals surface area contributed by atoms with Crippen molar-refractivity contribution >= 4 is 11.7 Å². The Balaban J connectivity index is 1.87. The second-order valence-corrected chi connectivity index (χ2v) is 4.08. The third kappa shape index (κ3) is 3.17. The van der Waals surface area contributed by atoms with Gasteiger partial charge in [0.1, 0.15) is 5.56 Å². The second kappa shape index (κ2) is 5.63. The minimum atomic E-state index is -0.960. The van der Waals surface area contributed by atoms with Crippen LogP contribution in [0, 0.1) is 0 Å². The lowest BCUT2D eigenvalue weighted by Gasteiger charge is -2.12. The predicted molar refractivity (Wildman–Crippen MR) is 63.3 cm³/mol. The molecule has 0 bridgehead atoms. The van der Waals surface area contributed by atoms with Crippen LogP contribution < -0.4 is 5.32 Å². The Kier molecular flexibility index (Phi) is 3.93. The number of ether oxygens (including phenoxy) is 1. The Bertz CT molecular complexity index is 389. The van der Waals surface area contributed by atoms with Crippen LogP contribution in [-0.2, 0) is 4.74 Å². The fraction of sp³-hybridized carbons (Fsp3) is 0.500. The summed E-state index contributed by atoms with van der Waals surface area (Å²) in [7, 11) is 0. The first-order valence-electron chi connectivity index (χ1n) is 5.80. The fourth-order valence-electron chi connectivity index (χ4n) is 1.96. The van der Waals surface area contributed by atoms with E-state index in [1.165, 1.54) is 6.20 Å². The number of carbonyl (C=O) groups is 1. The van der Waals surface area contributed by atoms with E-state index in [2.05, 4.69) is 10.3 Å². The van der Waals surface area contributed by atoms with Gasteiger partial charge in [-0.1, -0.05) is 0 Å². The van der Waals surface area contributed by atoms with Crippen LogP contribution in [0.4, 0.5) is 5.69 Å². The highest BCUT2D eigenvalue weighted by Gasteiger charge is 2.15. The van der Waals surface area contributed by atoms with Crippen LogP contribution in [0.25, 0.3) is 0 Å². The van der Waals surface area contributed by atoms with Crippen LogP contribution in [0.1, 0.15) is 29.6 Å². The van der Waals surface area contributed by atoms with E-state index in [-0.39, 0.29) is 5.56 Å². The molecule has 0 aliphatic carbocycles. The Hall–Kier alpha value is -1.62. The third-order valence-corrected chi connectivity index (χ3v) is 2.86. The maximum Gasteiger partial charge on any atom is 0.339 e. The number of anilines is 1. The molecule has 2 heterocycles. The zero-order valence-corrected chi connectivity index (χ0v) is 9.56. The van der Waals surface area contributed by atoms with Crippen LogP contribution in [0.3, 0.4) is 0 Å². The van der Waals surface area contributed by atoms with Crippen molar-refractivity contribution < 1.29 is 14.6 Å². The van der Waals surface area contributed by atoms with Gasteiger partial charge in [0.2, 0.25) is 0 Å². The fourth-order valence-corrected chi connectivity index (χ4v) is 1.96. The highest BCUT2D eigenvalue weighted by Crippen LogP contribution is 2.17. The maximum absolute atomic E-state index is 10.9. The number of nitrogens with zero attached hydrogens (tertiary/aromatic N) is 1. The van der Waals surface area contributed by atoms with Gasteiger partial charge in [-0.2, -0.15) is 0 Å². The van der Waals surface area contributed by atoms with Crippen molar-refractivity contribution in [2.45, 2.75) is 25.4 Å². The summed E-state index contributed by atoms with van der Waals surface area (Å²) in [6.45, 7) is 1.56. The number of aromatic nitrogens is 1. The summed E-state index contributed by atoms with van der Waals surface area (Å²) in [6, 6.07) is 1.68. The molecule has 0 aromatic carbocycles. The van der Waals surface area contributed by atoms with Gasteiger partial charge in [-0.25, -0.2) is 4.79 Å². The van der Waals surface area contributed by atoms with E-state index in [0.717, 1.165) is 32.4 Å². The first-order valence-corrected chi connectivity index (χ1v) is 5.80. The summed E-state index contributed by atoms with van der Waals surface area (Å²) in [5.41, 5.74) is 0.824. The van der Waals surface area contributed by atoms with E-state index < -0.39 is 5.97 Å². The van der Waals surface area contributed by atoms with Gasteiger partial charge in [0.25, 0.3) is 0 Å². The topological polar surface area (TPSA) is 71.5 Å². The van der Waals surface area contributed by atoms with E-state index in [0.29, 0.717) is 11.8 Å². The number of hydrogen-bond donors (Lipinski definition) is 2. The Morgan fingerprint density at radius 2 is 2.53 bits per heavy atom. The average molecular weight is 236 g/mol. The molecular formula is C12H16N2O3. The number of carboxylic acid groups (broad SMARTS) is 1. The lowest BCUT2D eigenvalue weighted by atomic mass is 10.2. The molecule has 17 heavy (non-hydrogen) atoms. The first-order chi connectivity index (χ1) is 8.27. The Morgan fingerprint density at radius 3 is 3.24 bits per heavy atom. The summed E-state index contributed by atoms with van der Waals surface area (Å²) >= 11 is 0. The van der Waals surface area contributed by atoms with Gasteiger partial charge in [-0.05, 0) is 25.3 Å². The lowest BCUT2D eigenvalue weighted by molar-refractivity contribution is 0.0697. The molecular weight excluding hydrogens is 220 g/mol. The molecule has 0 spiro atoms. The van der Waals surface area contributed by atoms with Crippen molar-refractivity contribution in [2.24, 2.45) is 0 Å². The average Bonchev–Trinajstić information content (AvgIpc) is 2.82. The molecule has 5 heteroatoms. The molecule has 0 amide bonds. The van der Waals surface area contributed by atoms with E-state index in [1.807, 2.05) is 0 Å². The molecule has 5 nitrogen and oxygen atoms in total. The van der Waals surface area contributed by atoms with Crippen LogP contribution in [0.15, 0.2) is 18.5 Å². The van der Waals surface area contributed by atoms with Crippen molar-refractivity contribution in [3.63, 3.8) is 0 Å². The summed E-state index contributed by atoms with van der Waals surface area (Å²) in [5, 5.41) is 12.1. The third-order valence-electron chi connectivity index (χ3n) is 2.86. The van der Waals surface area contributed by atoms with Gasteiger partial charge in [0.05, 0.1) is 11.8 Å². The maximum atomic E-state index is 10.9. The zero-order chi connectivity index (χ0) is 12.1. The molecule has 1 aliphatic heterocycles. The highest BCUT2D eigenvalue weighted by atomic mass is 16.5. The molecule has 1 atom stereocenters. The number of rotatable bonds is 5. The van der Waals surface area contributed by atoms with Crippen molar-refractivity contribution in [2.75, 3.05) is 18.5 Å².